The monoisotopic (exact) mass is 275 g/mol. The third-order valence-corrected chi connectivity index (χ3v) is 3.11. The second-order valence-corrected chi connectivity index (χ2v) is 4.47. The zero-order chi connectivity index (χ0) is 14.4. The molecule has 0 aliphatic heterocycles. The predicted octanol–water partition coefficient (Wildman–Crippen LogP) is 3.13. The van der Waals surface area contributed by atoms with E-state index < -0.39 is 0 Å². The van der Waals surface area contributed by atoms with Gasteiger partial charge in [0.05, 0.1) is 13.2 Å². The topological polar surface area (TPSA) is 43.6 Å². The zero-order valence-corrected chi connectivity index (χ0v) is 12.2. The molecule has 0 amide bonds. The molecule has 108 valence electrons. The fourth-order valence-electron chi connectivity index (χ4n) is 2.24. The quantitative estimate of drug-likeness (QED) is 0.843. The molecular formula is C16H21NO3. The van der Waals surface area contributed by atoms with Crippen LogP contribution in [0.3, 0.4) is 0 Å². The summed E-state index contributed by atoms with van der Waals surface area (Å²) in [5.74, 6) is 2.53. The van der Waals surface area contributed by atoms with Crippen LogP contribution in [0.1, 0.15) is 30.0 Å². The van der Waals surface area contributed by atoms with Gasteiger partial charge in [0.25, 0.3) is 0 Å². The van der Waals surface area contributed by atoms with Gasteiger partial charge < -0.3 is 19.2 Å². The van der Waals surface area contributed by atoms with Crippen molar-refractivity contribution in [3.05, 3.63) is 53.5 Å². The average molecular weight is 275 g/mol. The van der Waals surface area contributed by atoms with Gasteiger partial charge in [0.1, 0.15) is 23.9 Å². The molecule has 4 heteroatoms. The Balaban J connectivity index is 2.34. The summed E-state index contributed by atoms with van der Waals surface area (Å²) in [6, 6.07) is 11.9. The van der Waals surface area contributed by atoms with Crippen molar-refractivity contribution in [2.75, 3.05) is 20.8 Å². The van der Waals surface area contributed by atoms with E-state index in [0.717, 1.165) is 29.4 Å². The maximum absolute atomic E-state index is 5.85. The van der Waals surface area contributed by atoms with E-state index in [1.165, 1.54) is 0 Å². The van der Waals surface area contributed by atoms with Gasteiger partial charge in [-0.15, -0.1) is 0 Å². The largest absolute Gasteiger partial charge is 0.496 e. The molecule has 0 saturated carbocycles. The summed E-state index contributed by atoms with van der Waals surface area (Å²) in [6.45, 7) is 3.38. The number of hydrogen-bond acceptors (Lipinski definition) is 4. The van der Waals surface area contributed by atoms with Crippen molar-refractivity contribution < 1.29 is 13.9 Å². The van der Waals surface area contributed by atoms with Crippen molar-refractivity contribution in [1.29, 1.82) is 0 Å². The molecule has 0 saturated heterocycles. The van der Waals surface area contributed by atoms with Gasteiger partial charge in [-0.2, -0.15) is 0 Å². The number of nitrogens with one attached hydrogen (secondary N) is 1. The lowest BCUT2D eigenvalue weighted by Crippen LogP contribution is -2.22. The molecule has 20 heavy (non-hydrogen) atoms. The highest BCUT2D eigenvalue weighted by Crippen LogP contribution is 2.30. The fraction of sp³-hybridized carbons (Fsp3) is 0.375. The van der Waals surface area contributed by atoms with E-state index in [1.54, 1.807) is 14.2 Å². The molecule has 4 nitrogen and oxygen atoms in total. The van der Waals surface area contributed by atoms with Crippen molar-refractivity contribution >= 4 is 0 Å². The number of para-hydroxylation sites is 1. The van der Waals surface area contributed by atoms with E-state index >= 15 is 0 Å². The van der Waals surface area contributed by atoms with E-state index in [1.807, 2.05) is 36.4 Å². The molecule has 1 N–H and O–H groups in total. The second kappa shape index (κ2) is 7.12. The van der Waals surface area contributed by atoms with Crippen LogP contribution in [0.2, 0.25) is 0 Å². The summed E-state index contributed by atoms with van der Waals surface area (Å²) < 4.78 is 16.4. The fourth-order valence-corrected chi connectivity index (χ4v) is 2.24. The minimum absolute atomic E-state index is 0.0262. The summed E-state index contributed by atoms with van der Waals surface area (Å²) in [5.41, 5.74) is 1.06. The van der Waals surface area contributed by atoms with Gasteiger partial charge in [-0.05, 0) is 24.7 Å². The Morgan fingerprint density at radius 2 is 1.95 bits per heavy atom. The molecule has 1 aromatic carbocycles. The van der Waals surface area contributed by atoms with Crippen molar-refractivity contribution in [3.8, 4) is 5.75 Å². The first-order chi connectivity index (χ1) is 9.80. The van der Waals surface area contributed by atoms with Gasteiger partial charge in [0, 0.05) is 12.7 Å². The molecule has 0 aliphatic carbocycles. The Labute approximate surface area is 119 Å². The lowest BCUT2D eigenvalue weighted by Gasteiger charge is -2.18. The zero-order valence-electron chi connectivity index (χ0n) is 12.2. The van der Waals surface area contributed by atoms with Gasteiger partial charge in [0.2, 0.25) is 0 Å². The molecular weight excluding hydrogens is 254 g/mol. The molecule has 0 bridgehead atoms. The standard InChI is InChI=1S/C16H21NO3/c1-4-17-16(13-7-5-6-8-14(13)19-3)15-10-9-12(20-15)11-18-2/h5-10,16-17H,4,11H2,1-3H3. The number of ether oxygens (including phenoxy) is 2. The third kappa shape index (κ3) is 3.21. The van der Waals surface area contributed by atoms with Crippen LogP contribution in [0.15, 0.2) is 40.8 Å². The predicted molar refractivity (Wildman–Crippen MR) is 77.9 cm³/mol. The van der Waals surface area contributed by atoms with Crippen LogP contribution in [0.5, 0.6) is 5.75 Å². The first-order valence-electron chi connectivity index (χ1n) is 6.74. The number of rotatable bonds is 7. The molecule has 2 rings (SSSR count). The van der Waals surface area contributed by atoms with Crippen molar-refractivity contribution in [2.24, 2.45) is 0 Å². The van der Waals surface area contributed by atoms with Gasteiger partial charge in [0.15, 0.2) is 0 Å². The van der Waals surface area contributed by atoms with Gasteiger partial charge in [-0.3, -0.25) is 0 Å². The van der Waals surface area contributed by atoms with E-state index in [4.69, 9.17) is 13.9 Å². The molecule has 1 aromatic heterocycles. The van der Waals surface area contributed by atoms with E-state index in [9.17, 15) is 0 Å². The third-order valence-electron chi connectivity index (χ3n) is 3.11. The van der Waals surface area contributed by atoms with Gasteiger partial charge in [-0.25, -0.2) is 0 Å². The highest BCUT2D eigenvalue weighted by molar-refractivity contribution is 5.39. The van der Waals surface area contributed by atoms with E-state index in [2.05, 4.69) is 12.2 Å². The normalized spacial score (nSPS) is 12.3. The van der Waals surface area contributed by atoms with Crippen LogP contribution < -0.4 is 10.1 Å². The van der Waals surface area contributed by atoms with Crippen LogP contribution >= 0.6 is 0 Å². The SMILES string of the molecule is CCNC(c1ccc(COC)o1)c1ccccc1OC. The highest BCUT2D eigenvalue weighted by Gasteiger charge is 2.20. The molecule has 0 aliphatic rings. The number of hydrogen-bond donors (Lipinski definition) is 1. The van der Waals surface area contributed by atoms with Crippen LogP contribution in [-0.4, -0.2) is 20.8 Å². The Morgan fingerprint density at radius 1 is 1.15 bits per heavy atom. The van der Waals surface area contributed by atoms with Crippen molar-refractivity contribution in [2.45, 2.75) is 19.6 Å². The highest BCUT2D eigenvalue weighted by atomic mass is 16.5. The molecule has 2 aromatic rings. The Morgan fingerprint density at radius 3 is 2.65 bits per heavy atom. The smallest absolute Gasteiger partial charge is 0.129 e. The van der Waals surface area contributed by atoms with Crippen LogP contribution in [-0.2, 0) is 11.3 Å². The van der Waals surface area contributed by atoms with Crippen molar-refractivity contribution in [3.63, 3.8) is 0 Å². The Hall–Kier alpha value is -1.78. The average Bonchev–Trinajstić information content (AvgIpc) is 2.93. The second-order valence-electron chi connectivity index (χ2n) is 4.47. The van der Waals surface area contributed by atoms with Crippen LogP contribution in [0, 0.1) is 0 Å². The lowest BCUT2D eigenvalue weighted by molar-refractivity contribution is 0.162. The number of methoxy groups -OCH3 is 2. The van der Waals surface area contributed by atoms with Gasteiger partial charge >= 0.3 is 0 Å². The number of benzene rings is 1. The summed E-state index contributed by atoms with van der Waals surface area (Å²) in [4.78, 5) is 0. The first kappa shape index (κ1) is 14.6. The minimum Gasteiger partial charge on any atom is -0.496 e. The molecule has 0 fully saturated rings. The van der Waals surface area contributed by atoms with Crippen LogP contribution in [0.4, 0.5) is 0 Å². The van der Waals surface area contributed by atoms with E-state index in [0.29, 0.717) is 6.61 Å². The maximum Gasteiger partial charge on any atom is 0.129 e. The van der Waals surface area contributed by atoms with Crippen molar-refractivity contribution in [1.82, 2.24) is 5.32 Å². The Bertz CT molecular complexity index is 536. The van der Waals surface area contributed by atoms with Crippen LogP contribution in [0.25, 0.3) is 0 Å². The minimum atomic E-state index is -0.0262. The summed E-state index contributed by atoms with van der Waals surface area (Å²) >= 11 is 0. The Kier molecular flexibility index (Phi) is 5.21. The van der Waals surface area contributed by atoms with E-state index in [-0.39, 0.29) is 6.04 Å². The molecule has 0 spiro atoms. The molecule has 0 radical (unpaired) electrons. The van der Waals surface area contributed by atoms with Gasteiger partial charge in [-0.1, -0.05) is 25.1 Å². The number of furan rings is 1. The summed E-state index contributed by atoms with van der Waals surface area (Å²) in [6.07, 6.45) is 0. The molecule has 1 heterocycles. The lowest BCUT2D eigenvalue weighted by atomic mass is 10.0. The summed E-state index contributed by atoms with van der Waals surface area (Å²) in [7, 11) is 3.34. The molecule has 1 unspecified atom stereocenters. The maximum atomic E-state index is 5.85. The molecule has 1 atom stereocenters. The summed E-state index contributed by atoms with van der Waals surface area (Å²) in [5, 5.41) is 3.43. The first-order valence-corrected chi connectivity index (χ1v) is 6.74.